The van der Waals surface area contributed by atoms with Gasteiger partial charge in [-0.1, -0.05) is 23.5 Å². The van der Waals surface area contributed by atoms with Gasteiger partial charge in [-0.3, -0.25) is 4.79 Å². The second-order valence-electron chi connectivity index (χ2n) is 7.42. The molecule has 166 valence electrons. The van der Waals surface area contributed by atoms with Gasteiger partial charge in [0.2, 0.25) is 11.9 Å². The van der Waals surface area contributed by atoms with E-state index in [2.05, 4.69) is 15.4 Å². The number of rotatable bonds is 5. The first-order valence-electron chi connectivity index (χ1n) is 10.3. The predicted octanol–water partition coefficient (Wildman–Crippen LogP) is 4.92. The van der Waals surface area contributed by atoms with E-state index in [-0.39, 0.29) is 12.6 Å². The highest BCUT2D eigenvalue weighted by Gasteiger charge is 2.21. The summed E-state index contributed by atoms with van der Waals surface area (Å²) >= 11 is 1.44. The first kappa shape index (κ1) is 19.6. The molecule has 0 spiro atoms. The molecule has 0 bridgehead atoms. The Morgan fingerprint density at radius 1 is 1.21 bits per heavy atom. The van der Waals surface area contributed by atoms with Gasteiger partial charge in [0.15, 0.2) is 28.6 Å². The van der Waals surface area contributed by atoms with Crippen molar-refractivity contribution in [3.05, 3.63) is 53.9 Å². The maximum Gasteiger partial charge on any atom is 0.292 e. The Morgan fingerprint density at radius 2 is 2.06 bits per heavy atom. The normalized spacial score (nSPS) is 12.5. The molecule has 0 aliphatic carbocycles. The molecule has 0 atom stereocenters. The second-order valence-corrected chi connectivity index (χ2v) is 8.43. The van der Waals surface area contributed by atoms with Crippen LogP contribution in [0.15, 0.2) is 46.9 Å². The maximum absolute atomic E-state index is 13.0. The van der Waals surface area contributed by atoms with Crippen LogP contribution >= 0.6 is 11.3 Å². The minimum atomic E-state index is -0.392. The van der Waals surface area contributed by atoms with Gasteiger partial charge in [-0.15, -0.1) is 0 Å². The summed E-state index contributed by atoms with van der Waals surface area (Å²) in [6.45, 7) is 4.46. The molecule has 0 saturated carbocycles. The summed E-state index contributed by atoms with van der Waals surface area (Å²) in [5, 5.41) is 8.81. The zero-order valence-electron chi connectivity index (χ0n) is 17.7. The summed E-state index contributed by atoms with van der Waals surface area (Å²) in [4.78, 5) is 17.7. The van der Waals surface area contributed by atoms with Crippen molar-refractivity contribution in [2.75, 3.05) is 18.7 Å². The number of hydrogen-bond acceptors (Lipinski definition) is 8. The van der Waals surface area contributed by atoms with Gasteiger partial charge in [-0.25, -0.2) is 4.98 Å². The van der Waals surface area contributed by atoms with E-state index in [4.69, 9.17) is 18.6 Å². The lowest BCUT2D eigenvalue weighted by Crippen LogP contribution is -2.14. The largest absolute Gasteiger partial charge is 0.490 e. The smallest absolute Gasteiger partial charge is 0.292 e. The van der Waals surface area contributed by atoms with E-state index in [1.165, 1.54) is 11.3 Å². The number of benzene rings is 2. The van der Waals surface area contributed by atoms with E-state index < -0.39 is 5.91 Å². The lowest BCUT2D eigenvalue weighted by molar-refractivity contribution is 0.0998. The summed E-state index contributed by atoms with van der Waals surface area (Å²) in [5.41, 5.74) is 2.05. The van der Waals surface area contributed by atoms with Crippen LogP contribution in [0.25, 0.3) is 26.3 Å². The Hall–Kier alpha value is -4.05. The number of thiazole rings is 1. The Kier molecular flexibility index (Phi) is 4.47. The zero-order chi connectivity index (χ0) is 22.5. The average Bonchev–Trinajstić information content (AvgIpc) is 3.57. The Morgan fingerprint density at radius 3 is 2.91 bits per heavy atom. The standard InChI is InChI=1S/C23H18N4O5S/c1-3-29-15-6-4-5-13-8-18(32-21(13)15)22(28)25-20-7-12(2)26-27(20)23-24-14-9-16-17(31-11-30-16)10-19(14)33-23/h4-10H,3,11H2,1-2H3,(H,25,28). The molecule has 2 aromatic carbocycles. The number of para-hydroxylation sites is 1. The number of furan rings is 1. The first-order valence-corrected chi connectivity index (χ1v) is 11.1. The third-order valence-electron chi connectivity index (χ3n) is 5.16. The van der Waals surface area contributed by atoms with Crippen LogP contribution < -0.4 is 19.5 Å². The van der Waals surface area contributed by atoms with Crippen LogP contribution in [-0.2, 0) is 0 Å². The number of nitrogens with zero attached hydrogens (tertiary/aromatic N) is 3. The fraction of sp³-hybridized carbons (Fsp3) is 0.174. The minimum absolute atomic E-state index is 0.178. The van der Waals surface area contributed by atoms with Crippen LogP contribution in [0, 0.1) is 6.92 Å². The molecule has 10 heteroatoms. The van der Waals surface area contributed by atoms with Crippen molar-refractivity contribution in [3.8, 4) is 22.4 Å². The SMILES string of the molecule is CCOc1cccc2cc(C(=O)Nc3cc(C)nn3-c3nc4cc5c(cc4s3)OCO5)oc12. The van der Waals surface area contributed by atoms with E-state index in [0.717, 1.165) is 21.3 Å². The van der Waals surface area contributed by atoms with Crippen LogP contribution in [0.3, 0.4) is 0 Å². The molecule has 6 rings (SSSR count). The molecular formula is C23H18N4O5S. The monoisotopic (exact) mass is 462 g/mol. The summed E-state index contributed by atoms with van der Waals surface area (Å²) in [5.74, 6) is 2.24. The fourth-order valence-electron chi connectivity index (χ4n) is 3.73. The van der Waals surface area contributed by atoms with Crippen LogP contribution in [0.4, 0.5) is 5.82 Å². The molecule has 1 aliphatic heterocycles. The van der Waals surface area contributed by atoms with Crippen molar-refractivity contribution < 1.29 is 23.4 Å². The van der Waals surface area contributed by atoms with E-state index in [0.29, 0.717) is 40.4 Å². The third-order valence-corrected chi connectivity index (χ3v) is 6.15. The van der Waals surface area contributed by atoms with E-state index in [9.17, 15) is 4.79 Å². The zero-order valence-corrected chi connectivity index (χ0v) is 18.6. The molecule has 3 aromatic heterocycles. The van der Waals surface area contributed by atoms with Crippen molar-refractivity contribution >= 4 is 44.2 Å². The molecule has 5 aromatic rings. The number of amides is 1. The summed E-state index contributed by atoms with van der Waals surface area (Å²) < 4.78 is 24.9. The molecule has 0 saturated heterocycles. The molecule has 1 amide bonds. The Bertz CT molecular complexity index is 1490. The Labute approximate surface area is 191 Å². The van der Waals surface area contributed by atoms with Crippen LogP contribution in [-0.4, -0.2) is 34.1 Å². The van der Waals surface area contributed by atoms with Crippen LogP contribution in [0.1, 0.15) is 23.2 Å². The number of nitrogens with one attached hydrogen (secondary N) is 1. The van der Waals surface area contributed by atoms with Crippen LogP contribution in [0.2, 0.25) is 0 Å². The molecule has 0 radical (unpaired) electrons. The van der Waals surface area contributed by atoms with Gasteiger partial charge in [0.1, 0.15) is 5.82 Å². The van der Waals surface area contributed by atoms with Crippen molar-refractivity contribution in [1.29, 1.82) is 0 Å². The molecule has 9 nitrogen and oxygen atoms in total. The first-order chi connectivity index (χ1) is 16.1. The van der Waals surface area contributed by atoms with Gasteiger partial charge in [-0.05, 0) is 26.0 Å². The second kappa shape index (κ2) is 7.52. The van der Waals surface area contributed by atoms with Gasteiger partial charge < -0.3 is 23.9 Å². The number of carbonyl (C=O) groups excluding carboxylic acids is 1. The van der Waals surface area contributed by atoms with Crippen molar-refractivity contribution in [2.45, 2.75) is 13.8 Å². The molecular weight excluding hydrogens is 444 g/mol. The topological polar surface area (TPSA) is 101 Å². The predicted molar refractivity (Wildman–Crippen MR) is 123 cm³/mol. The number of carbonyl (C=O) groups is 1. The number of anilines is 1. The summed E-state index contributed by atoms with van der Waals surface area (Å²) in [6, 6.07) is 12.8. The number of fused-ring (bicyclic) bond motifs is 3. The van der Waals surface area contributed by atoms with E-state index >= 15 is 0 Å². The molecule has 33 heavy (non-hydrogen) atoms. The average molecular weight is 462 g/mol. The molecule has 4 heterocycles. The highest BCUT2D eigenvalue weighted by atomic mass is 32.1. The van der Waals surface area contributed by atoms with Gasteiger partial charge in [0.05, 0.1) is 22.5 Å². The number of aromatic nitrogens is 3. The summed E-state index contributed by atoms with van der Waals surface area (Å²) in [7, 11) is 0. The highest BCUT2D eigenvalue weighted by molar-refractivity contribution is 7.20. The molecule has 0 unspecified atom stereocenters. The van der Waals surface area contributed by atoms with Gasteiger partial charge in [0.25, 0.3) is 5.91 Å². The van der Waals surface area contributed by atoms with E-state index in [1.54, 1.807) is 16.8 Å². The number of hydrogen-bond donors (Lipinski definition) is 1. The van der Waals surface area contributed by atoms with Gasteiger partial charge in [-0.2, -0.15) is 9.78 Å². The number of ether oxygens (including phenoxy) is 3. The quantitative estimate of drug-likeness (QED) is 0.396. The van der Waals surface area contributed by atoms with Crippen molar-refractivity contribution in [3.63, 3.8) is 0 Å². The van der Waals surface area contributed by atoms with Crippen molar-refractivity contribution in [2.24, 2.45) is 0 Å². The van der Waals surface area contributed by atoms with Gasteiger partial charge in [0, 0.05) is 23.6 Å². The number of aryl methyl sites for hydroxylation is 1. The summed E-state index contributed by atoms with van der Waals surface area (Å²) in [6.07, 6.45) is 0. The lowest BCUT2D eigenvalue weighted by atomic mass is 10.2. The molecule has 0 fully saturated rings. The highest BCUT2D eigenvalue weighted by Crippen LogP contribution is 2.39. The third kappa shape index (κ3) is 3.35. The molecule has 1 aliphatic rings. The van der Waals surface area contributed by atoms with E-state index in [1.807, 2.05) is 44.2 Å². The van der Waals surface area contributed by atoms with Crippen LogP contribution in [0.5, 0.6) is 17.2 Å². The minimum Gasteiger partial charge on any atom is -0.490 e. The van der Waals surface area contributed by atoms with Crippen molar-refractivity contribution in [1.82, 2.24) is 14.8 Å². The fourth-order valence-corrected chi connectivity index (χ4v) is 4.67. The maximum atomic E-state index is 13.0. The lowest BCUT2D eigenvalue weighted by Gasteiger charge is -2.05. The van der Waals surface area contributed by atoms with Gasteiger partial charge >= 0.3 is 0 Å². The molecule has 1 N–H and O–H groups in total. The Balaban J connectivity index is 1.33.